The summed E-state index contributed by atoms with van der Waals surface area (Å²) in [5.41, 5.74) is 2.68. The van der Waals surface area contributed by atoms with Gasteiger partial charge in [0.1, 0.15) is 5.76 Å². The molecule has 1 amide bonds. The van der Waals surface area contributed by atoms with Gasteiger partial charge in [-0.1, -0.05) is 10.3 Å². The summed E-state index contributed by atoms with van der Waals surface area (Å²) in [7, 11) is 0. The molecule has 7 nitrogen and oxygen atoms in total. The number of thiophene rings is 1. The average Bonchev–Trinajstić information content (AvgIpc) is 3.40. The van der Waals surface area contributed by atoms with Gasteiger partial charge in [0.25, 0.3) is 0 Å². The maximum Gasteiger partial charge on any atom is 0.227 e. The monoisotopic (exact) mass is 386 g/mol. The molecule has 0 saturated carbocycles. The molecule has 0 N–H and O–H groups in total. The highest BCUT2D eigenvalue weighted by Crippen LogP contribution is 2.24. The lowest BCUT2D eigenvalue weighted by molar-refractivity contribution is -0.132. The summed E-state index contributed by atoms with van der Waals surface area (Å²) in [6, 6.07) is 1.98. The summed E-state index contributed by atoms with van der Waals surface area (Å²) in [5.74, 6) is 2.46. The second-order valence-electron chi connectivity index (χ2n) is 7.06. The van der Waals surface area contributed by atoms with E-state index in [-0.39, 0.29) is 5.91 Å². The number of hydrogen-bond acceptors (Lipinski definition) is 7. The third-order valence-corrected chi connectivity index (χ3v) is 5.77. The van der Waals surface area contributed by atoms with Gasteiger partial charge in [-0.05, 0) is 44.1 Å². The highest BCUT2D eigenvalue weighted by atomic mass is 32.1. The molecule has 27 heavy (non-hydrogen) atoms. The van der Waals surface area contributed by atoms with Crippen molar-refractivity contribution in [3.63, 3.8) is 0 Å². The number of piperidine rings is 1. The van der Waals surface area contributed by atoms with Crippen molar-refractivity contribution in [2.75, 3.05) is 13.1 Å². The molecule has 0 radical (unpaired) electrons. The van der Waals surface area contributed by atoms with Crippen molar-refractivity contribution in [2.45, 2.75) is 39.5 Å². The van der Waals surface area contributed by atoms with E-state index in [0.717, 1.165) is 48.5 Å². The first-order valence-corrected chi connectivity index (χ1v) is 10.1. The zero-order chi connectivity index (χ0) is 18.8. The molecule has 0 bridgehead atoms. The molecule has 3 aromatic heterocycles. The second kappa shape index (κ2) is 7.64. The first-order valence-electron chi connectivity index (χ1n) is 9.15. The molecule has 142 valence electrons. The largest absolute Gasteiger partial charge is 0.361 e. The Hall–Kier alpha value is -2.48. The number of aryl methyl sites for hydroxylation is 2. The predicted octanol–water partition coefficient (Wildman–Crippen LogP) is 3.43. The van der Waals surface area contributed by atoms with Crippen molar-refractivity contribution in [3.05, 3.63) is 39.7 Å². The highest BCUT2D eigenvalue weighted by molar-refractivity contribution is 7.08. The molecule has 0 unspecified atom stereocenters. The molecule has 1 aliphatic rings. The molecule has 1 saturated heterocycles. The predicted molar refractivity (Wildman–Crippen MR) is 100 cm³/mol. The molecule has 0 spiro atoms. The number of hydrogen-bond donors (Lipinski definition) is 0. The van der Waals surface area contributed by atoms with Crippen molar-refractivity contribution >= 4 is 17.2 Å². The quantitative estimate of drug-likeness (QED) is 0.668. The lowest BCUT2D eigenvalue weighted by atomic mass is 9.94. The van der Waals surface area contributed by atoms with Crippen LogP contribution in [-0.2, 0) is 17.6 Å². The Balaban J connectivity index is 1.37. The van der Waals surface area contributed by atoms with Crippen LogP contribution in [0.5, 0.6) is 0 Å². The molecule has 8 heteroatoms. The zero-order valence-electron chi connectivity index (χ0n) is 15.5. The van der Waals surface area contributed by atoms with Crippen LogP contribution in [0.1, 0.15) is 35.7 Å². The zero-order valence-corrected chi connectivity index (χ0v) is 16.3. The molecule has 3 aromatic rings. The summed E-state index contributed by atoms with van der Waals surface area (Å²) in [6.45, 7) is 5.24. The molecular weight excluding hydrogens is 364 g/mol. The minimum atomic E-state index is 0.124. The van der Waals surface area contributed by atoms with Gasteiger partial charge < -0.3 is 13.9 Å². The van der Waals surface area contributed by atoms with Crippen LogP contribution in [0, 0.1) is 19.8 Å². The molecule has 1 fully saturated rings. The minimum absolute atomic E-state index is 0.124. The van der Waals surface area contributed by atoms with E-state index in [1.165, 1.54) is 0 Å². The van der Waals surface area contributed by atoms with Crippen LogP contribution in [0.25, 0.3) is 11.4 Å². The number of carbonyl (C=O) groups excluding carboxylic acids is 1. The Morgan fingerprint density at radius 2 is 2.22 bits per heavy atom. The summed E-state index contributed by atoms with van der Waals surface area (Å²) in [6.07, 6.45) is 3.10. The van der Waals surface area contributed by atoms with Gasteiger partial charge in [0.2, 0.25) is 17.6 Å². The Labute approximate surface area is 161 Å². The van der Waals surface area contributed by atoms with Gasteiger partial charge in [-0.15, -0.1) is 0 Å². The number of aromatic nitrogens is 3. The Bertz CT molecular complexity index is 896. The number of amides is 1. The van der Waals surface area contributed by atoms with E-state index in [1.54, 1.807) is 11.3 Å². The molecule has 0 aromatic carbocycles. The van der Waals surface area contributed by atoms with Gasteiger partial charge in [0.05, 0.1) is 12.1 Å². The molecule has 1 atom stereocenters. The second-order valence-corrected chi connectivity index (χ2v) is 7.84. The van der Waals surface area contributed by atoms with Crippen molar-refractivity contribution in [1.82, 2.24) is 20.2 Å². The topological polar surface area (TPSA) is 85.3 Å². The van der Waals surface area contributed by atoms with Crippen LogP contribution in [0.15, 0.2) is 25.9 Å². The standard InChI is InChI=1S/C19H22N4O3S/c1-12-16(13(2)25-21-12)9-18(24)23-6-3-4-14(10-23)8-17-20-19(22-26-17)15-5-7-27-11-15/h5,7,11,14H,3-4,6,8-10H2,1-2H3/t14-/m0/s1. The van der Waals surface area contributed by atoms with Crippen molar-refractivity contribution < 1.29 is 13.8 Å². The van der Waals surface area contributed by atoms with Crippen molar-refractivity contribution in [2.24, 2.45) is 5.92 Å². The van der Waals surface area contributed by atoms with E-state index in [4.69, 9.17) is 9.05 Å². The van der Waals surface area contributed by atoms with Gasteiger partial charge in [-0.3, -0.25) is 4.79 Å². The number of nitrogens with zero attached hydrogens (tertiary/aromatic N) is 4. The van der Waals surface area contributed by atoms with E-state index in [0.29, 0.717) is 30.5 Å². The van der Waals surface area contributed by atoms with Crippen LogP contribution in [-0.4, -0.2) is 39.2 Å². The molecular formula is C19H22N4O3S. The minimum Gasteiger partial charge on any atom is -0.361 e. The van der Waals surface area contributed by atoms with Crippen LogP contribution in [0.4, 0.5) is 0 Å². The summed E-state index contributed by atoms with van der Waals surface area (Å²) in [5, 5.41) is 12.0. The average molecular weight is 386 g/mol. The fourth-order valence-electron chi connectivity index (χ4n) is 3.57. The summed E-state index contributed by atoms with van der Waals surface area (Å²) >= 11 is 1.61. The fourth-order valence-corrected chi connectivity index (χ4v) is 4.20. The third kappa shape index (κ3) is 3.95. The Morgan fingerprint density at radius 1 is 1.33 bits per heavy atom. The first-order chi connectivity index (χ1) is 13.1. The molecule has 0 aliphatic carbocycles. The molecule has 4 heterocycles. The first kappa shape index (κ1) is 17.9. The molecule has 4 rings (SSSR count). The van der Waals surface area contributed by atoms with E-state index >= 15 is 0 Å². The maximum atomic E-state index is 12.7. The smallest absolute Gasteiger partial charge is 0.227 e. The van der Waals surface area contributed by atoms with Gasteiger partial charge in [-0.25, -0.2) is 0 Å². The highest BCUT2D eigenvalue weighted by Gasteiger charge is 2.26. The van der Waals surface area contributed by atoms with Crippen LogP contribution in [0.2, 0.25) is 0 Å². The van der Waals surface area contributed by atoms with E-state index in [9.17, 15) is 4.79 Å². The number of likely N-dealkylation sites (tertiary alicyclic amines) is 1. The Kier molecular flexibility index (Phi) is 5.07. The van der Waals surface area contributed by atoms with Crippen LogP contribution >= 0.6 is 11.3 Å². The van der Waals surface area contributed by atoms with Gasteiger partial charge >= 0.3 is 0 Å². The lowest BCUT2D eigenvalue weighted by Gasteiger charge is -2.32. The van der Waals surface area contributed by atoms with E-state index in [1.807, 2.05) is 35.6 Å². The van der Waals surface area contributed by atoms with Crippen LogP contribution in [0.3, 0.4) is 0 Å². The Morgan fingerprint density at radius 3 is 2.96 bits per heavy atom. The van der Waals surface area contributed by atoms with Gasteiger partial charge in [0.15, 0.2) is 0 Å². The SMILES string of the molecule is Cc1noc(C)c1CC(=O)N1CCC[C@@H](Cc2nc(-c3ccsc3)no2)C1. The van der Waals surface area contributed by atoms with Crippen LogP contribution < -0.4 is 0 Å². The number of carbonyl (C=O) groups is 1. The van der Waals surface area contributed by atoms with Crippen molar-refractivity contribution in [1.29, 1.82) is 0 Å². The lowest BCUT2D eigenvalue weighted by Crippen LogP contribution is -2.41. The van der Waals surface area contributed by atoms with Crippen molar-refractivity contribution in [3.8, 4) is 11.4 Å². The summed E-state index contributed by atoms with van der Waals surface area (Å²) < 4.78 is 10.6. The molecule has 1 aliphatic heterocycles. The third-order valence-electron chi connectivity index (χ3n) is 5.09. The maximum absolute atomic E-state index is 12.7. The number of rotatable bonds is 5. The van der Waals surface area contributed by atoms with Gasteiger partial charge in [-0.2, -0.15) is 16.3 Å². The summed E-state index contributed by atoms with van der Waals surface area (Å²) in [4.78, 5) is 19.2. The van der Waals surface area contributed by atoms with E-state index < -0.39 is 0 Å². The normalized spacial score (nSPS) is 17.4. The van der Waals surface area contributed by atoms with E-state index in [2.05, 4.69) is 15.3 Å². The fraction of sp³-hybridized carbons (Fsp3) is 0.474. The van der Waals surface area contributed by atoms with Gasteiger partial charge in [0, 0.05) is 36.0 Å².